The second-order valence-electron chi connectivity index (χ2n) is 4.96. The minimum atomic E-state index is 0.771. The molecule has 0 radical (unpaired) electrons. The highest BCUT2D eigenvalue weighted by Gasteiger charge is 2.17. The zero-order chi connectivity index (χ0) is 11.5. The van der Waals surface area contributed by atoms with Crippen LogP contribution in [-0.4, -0.2) is 41.8 Å². The van der Waals surface area contributed by atoms with E-state index in [4.69, 9.17) is 0 Å². The summed E-state index contributed by atoms with van der Waals surface area (Å²) in [4.78, 5) is 2.42. The van der Waals surface area contributed by atoms with Crippen molar-refractivity contribution >= 4 is 5.69 Å². The molecule has 90 valence electrons. The Morgan fingerprint density at radius 1 is 1.50 bits per heavy atom. The quantitative estimate of drug-likeness (QED) is 0.819. The topological polar surface area (TPSA) is 44.0 Å². The number of aryl methyl sites for hydroxylation is 2. The lowest BCUT2D eigenvalue weighted by atomic mass is 9.98. The van der Waals surface area contributed by atoms with E-state index < -0.39 is 0 Å². The number of rotatable bonds is 3. The van der Waals surface area contributed by atoms with Crippen molar-refractivity contribution in [3.63, 3.8) is 0 Å². The molecule has 1 aromatic heterocycles. The Labute approximate surface area is 97.4 Å². The van der Waals surface area contributed by atoms with Crippen LogP contribution in [0.4, 0.5) is 5.69 Å². The first-order chi connectivity index (χ1) is 7.66. The number of nitrogens with zero attached hydrogens (tertiary/aromatic N) is 2. The molecule has 0 bridgehead atoms. The van der Waals surface area contributed by atoms with E-state index >= 15 is 0 Å². The van der Waals surface area contributed by atoms with E-state index in [0.717, 1.165) is 23.9 Å². The molecule has 2 rings (SSSR count). The lowest BCUT2D eigenvalue weighted by molar-refractivity contribution is 0.217. The maximum absolute atomic E-state index is 4.20. The van der Waals surface area contributed by atoms with Gasteiger partial charge in [-0.15, -0.1) is 0 Å². The van der Waals surface area contributed by atoms with Crippen LogP contribution >= 0.6 is 0 Å². The monoisotopic (exact) mass is 222 g/mol. The van der Waals surface area contributed by atoms with Crippen LogP contribution in [0.2, 0.25) is 0 Å². The van der Waals surface area contributed by atoms with Crippen molar-refractivity contribution in [2.45, 2.75) is 26.7 Å². The van der Waals surface area contributed by atoms with Crippen molar-refractivity contribution in [2.75, 3.05) is 32.0 Å². The maximum Gasteiger partial charge on any atom is 0.0825 e. The van der Waals surface area contributed by atoms with Crippen LogP contribution < -0.4 is 5.32 Å². The molecule has 0 aliphatic carbocycles. The third-order valence-corrected chi connectivity index (χ3v) is 3.42. The summed E-state index contributed by atoms with van der Waals surface area (Å²) >= 11 is 0. The summed E-state index contributed by atoms with van der Waals surface area (Å²) in [6, 6.07) is 0. The lowest BCUT2D eigenvalue weighted by Gasteiger charge is -2.29. The number of hydrogen-bond donors (Lipinski definition) is 2. The minimum Gasteiger partial charge on any atom is -0.382 e. The summed E-state index contributed by atoms with van der Waals surface area (Å²) in [6.07, 6.45) is 2.67. The average Bonchev–Trinajstić information content (AvgIpc) is 2.56. The van der Waals surface area contributed by atoms with Crippen molar-refractivity contribution < 1.29 is 0 Å². The van der Waals surface area contributed by atoms with Gasteiger partial charge in [0.15, 0.2) is 0 Å². The second-order valence-corrected chi connectivity index (χ2v) is 4.96. The molecule has 1 aliphatic rings. The molecule has 0 spiro atoms. The molecule has 1 saturated heterocycles. The summed E-state index contributed by atoms with van der Waals surface area (Å²) in [5, 5.41) is 10.7. The van der Waals surface area contributed by atoms with Gasteiger partial charge < -0.3 is 10.2 Å². The van der Waals surface area contributed by atoms with E-state index in [0.29, 0.717) is 0 Å². The van der Waals surface area contributed by atoms with E-state index in [-0.39, 0.29) is 0 Å². The Bertz CT molecular complexity index is 325. The minimum absolute atomic E-state index is 0.771. The zero-order valence-corrected chi connectivity index (χ0v) is 10.5. The zero-order valence-electron chi connectivity index (χ0n) is 10.5. The first kappa shape index (κ1) is 11.5. The van der Waals surface area contributed by atoms with Crippen molar-refractivity contribution in [3.05, 3.63) is 11.4 Å². The molecule has 1 atom stereocenters. The van der Waals surface area contributed by atoms with Gasteiger partial charge in [0.25, 0.3) is 0 Å². The van der Waals surface area contributed by atoms with Gasteiger partial charge >= 0.3 is 0 Å². The molecule has 1 aromatic rings. The Kier molecular flexibility index (Phi) is 3.49. The van der Waals surface area contributed by atoms with E-state index in [1.165, 1.54) is 31.6 Å². The summed E-state index contributed by atoms with van der Waals surface area (Å²) in [7, 11) is 2.21. The smallest absolute Gasteiger partial charge is 0.0825 e. The van der Waals surface area contributed by atoms with Gasteiger partial charge in [0.05, 0.1) is 17.1 Å². The van der Waals surface area contributed by atoms with E-state index in [9.17, 15) is 0 Å². The first-order valence-corrected chi connectivity index (χ1v) is 6.11. The predicted molar refractivity (Wildman–Crippen MR) is 66.8 cm³/mol. The number of piperidine rings is 1. The number of aromatic amines is 1. The Morgan fingerprint density at radius 3 is 2.94 bits per heavy atom. The lowest BCUT2D eigenvalue weighted by Crippen LogP contribution is -2.35. The van der Waals surface area contributed by atoms with Crippen LogP contribution in [-0.2, 0) is 0 Å². The molecule has 2 heterocycles. The fourth-order valence-electron chi connectivity index (χ4n) is 2.50. The SMILES string of the molecule is Cc1n[nH]c(C)c1NCC1CCCN(C)C1. The summed E-state index contributed by atoms with van der Waals surface area (Å²) < 4.78 is 0. The molecule has 16 heavy (non-hydrogen) atoms. The van der Waals surface area contributed by atoms with Gasteiger partial charge in [-0.2, -0.15) is 5.10 Å². The van der Waals surface area contributed by atoms with Gasteiger partial charge in [0.2, 0.25) is 0 Å². The van der Waals surface area contributed by atoms with Gasteiger partial charge in [0.1, 0.15) is 0 Å². The normalized spacial score (nSPS) is 22.3. The van der Waals surface area contributed by atoms with Gasteiger partial charge in [-0.1, -0.05) is 0 Å². The van der Waals surface area contributed by atoms with Crippen LogP contribution in [0.5, 0.6) is 0 Å². The van der Waals surface area contributed by atoms with Crippen LogP contribution in [0.15, 0.2) is 0 Å². The molecule has 4 nitrogen and oxygen atoms in total. The first-order valence-electron chi connectivity index (χ1n) is 6.11. The van der Waals surface area contributed by atoms with E-state index in [2.05, 4.69) is 34.4 Å². The molecule has 0 saturated carbocycles. The van der Waals surface area contributed by atoms with Gasteiger partial charge in [-0.3, -0.25) is 5.10 Å². The number of nitrogens with one attached hydrogen (secondary N) is 2. The second kappa shape index (κ2) is 4.87. The van der Waals surface area contributed by atoms with Crippen LogP contribution in [0.3, 0.4) is 0 Å². The molecular formula is C12H22N4. The maximum atomic E-state index is 4.20. The molecule has 0 aromatic carbocycles. The summed E-state index contributed by atoms with van der Waals surface area (Å²) in [6.45, 7) is 7.63. The number of anilines is 1. The molecular weight excluding hydrogens is 200 g/mol. The largest absolute Gasteiger partial charge is 0.382 e. The van der Waals surface area contributed by atoms with Gasteiger partial charge in [0, 0.05) is 13.1 Å². The standard InChI is InChI=1S/C12H22N4/c1-9-12(10(2)15-14-9)13-7-11-5-4-6-16(3)8-11/h11,13H,4-8H2,1-3H3,(H,14,15). The van der Waals surface area contributed by atoms with Crippen LogP contribution in [0.25, 0.3) is 0 Å². The molecule has 0 amide bonds. The van der Waals surface area contributed by atoms with Crippen LogP contribution in [0, 0.1) is 19.8 Å². The molecule has 1 unspecified atom stereocenters. The average molecular weight is 222 g/mol. The fraction of sp³-hybridized carbons (Fsp3) is 0.750. The number of hydrogen-bond acceptors (Lipinski definition) is 3. The fourth-order valence-corrected chi connectivity index (χ4v) is 2.50. The van der Waals surface area contributed by atoms with Gasteiger partial charge in [-0.05, 0) is 46.2 Å². The molecule has 4 heteroatoms. The molecule has 1 fully saturated rings. The highest BCUT2D eigenvalue weighted by Crippen LogP contribution is 2.19. The Morgan fingerprint density at radius 2 is 2.31 bits per heavy atom. The highest BCUT2D eigenvalue weighted by molar-refractivity contribution is 5.51. The molecule has 2 N–H and O–H groups in total. The molecule has 1 aliphatic heterocycles. The number of H-pyrrole nitrogens is 1. The Balaban J connectivity index is 1.87. The van der Waals surface area contributed by atoms with Crippen LogP contribution in [0.1, 0.15) is 24.2 Å². The van der Waals surface area contributed by atoms with Crippen molar-refractivity contribution in [1.29, 1.82) is 0 Å². The van der Waals surface area contributed by atoms with E-state index in [1.54, 1.807) is 0 Å². The van der Waals surface area contributed by atoms with E-state index in [1.807, 2.05) is 6.92 Å². The third kappa shape index (κ3) is 2.55. The van der Waals surface area contributed by atoms with Crippen molar-refractivity contribution in [1.82, 2.24) is 15.1 Å². The predicted octanol–water partition coefficient (Wildman–Crippen LogP) is 1.78. The highest BCUT2D eigenvalue weighted by atomic mass is 15.2. The Hall–Kier alpha value is -1.03. The van der Waals surface area contributed by atoms with Crippen molar-refractivity contribution in [2.24, 2.45) is 5.92 Å². The number of likely N-dealkylation sites (tertiary alicyclic amines) is 1. The van der Waals surface area contributed by atoms with Crippen molar-refractivity contribution in [3.8, 4) is 0 Å². The summed E-state index contributed by atoms with van der Waals surface area (Å²) in [5.74, 6) is 0.771. The third-order valence-electron chi connectivity index (χ3n) is 3.42. The van der Waals surface area contributed by atoms with Gasteiger partial charge in [-0.25, -0.2) is 0 Å². The summed E-state index contributed by atoms with van der Waals surface area (Å²) in [5.41, 5.74) is 3.40. The number of aromatic nitrogens is 2.